The average Bonchev–Trinajstić information content (AvgIpc) is 2.56. The van der Waals surface area contributed by atoms with E-state index in [1.54, 1.807) is 0 Å². The zero-order chi connectivity index (χ0) is 9.68. The van der Waals surface area contributed by atoms with Crippen molar-refractivity contribution in [2.75, 3.05) is 13.2 Å². The first kappa shape index (κ1) is 10.7. The van der Waals surface area contributed by atoms with Crippen LogP contribution in [0.3, 0.4) is 0 Å². The number of aliphatic hydroxyl groups excluding tert-OH is 1. The summed E-state index contributed by atoms with van der Waals surface area (Å²) < 4.78 is 10.5. The Morgan fingerprint density at radius 3 is 2.69 bits per heavy atom. The van der Waals surface area contributed by atoms with Gasteiger partial charge in [-0.25, -0.2) is 0 Å². The third-order valence-electron chi connectivity index (χ3n) is 2.18. The van der Waals surface area contributed by atoms with Gasteiger partial charge in [0.2, 0.25) is 0 Å². The summed E-state index contributed by atoms with van der Waals surface area (Å²) in [7, 11) is 0. The lowest BCUT2D eigenvalue weighted by Gasteiger charge is -2.15. The molecule has 76 valence electrons. The molecule has 13 heavy (non-hydrogen) atoms. The Bertz CT molecular complexity index is 162. The fourth-order valence-corrected chi connectivity index (χ4v) is 1.33. The molecule has 3 heteroatoms. The second-order valence-corrected chi connectivity index (χ2v) is 3.37. The van der Waals surface area contributed by atoms with E-state index in [1.165, 1.54) is 0 Å². The highest BCUT2D eigenvalue weighted by molar-refractivity contribution is 4.94. The molecule has 1 aliphatic rings. The Hall–Kier alpha value is -0.380. The number of hydrogen-bond acceptors (Lipinski definition) is 3. The molecule has 0 radical (unpaired) electrons. The predicted molar refractivity (Wildman–Crippen MR) is 50.4 cm³/mol. The van der Waals surface area contributed by atoms with Crippen molar-refractivity contribution in [1.82, 2.24) is 0 Å². The minimum Gasteiger partial charge on any atom is -0.393 e. The van der Waals surface area contributed by atoms with Crippen molar-refractivity contribution in [2.45, 2.75) is 38.6 Å². The van der Waals surface area contributed by atoms with Gasteiger partial charge in [-0.05, 0) is 12.8 Å². The SMILES string of the molecule is C=C(CC)CC(O)CC1OCCO1. The molecule has 1 saturated heterocycles. The van der Waals surface area contributed by atoms with Gasteiger partial charge >= 0.3 is 0 Å². The highest BCUT2D eigenvalue weighted by atomic mass is 16.7. The molecule has 0 aromatic carbocycles. The summed E-state index contributed by atoms with van der Waals surface area (Å²) >= 11 is 0. The first-order valence-corrected chi connectivity index (χ1v) is 4.80. The van der Waals surface area contributed by atoms with Crippen LogP contribution in [0.2, 0.25) is 0 Å². The standard InChI is InChI=1S/C10H18O3/c1-3-8(2)6-9(11)7-10-12-4-5-13-10/h9-11H,2-7H2,1H3. The Morgan fingerprint density at radius 2 is 2.15 bits per heavy atom. The molecule has 1 unspecified atom stereocenters. The van der Waals surface area contributed by atoms with Gasteiger partial charge in [-0.15, -0.1) is 0 Å². The Kier molecular flexibility index (Phi) is 4.42. The summed E-state index contributed by atoms with van der Waals surface area (Å²) in [5, 5.41) is 9.59. The summed E-state index contributed by atoms with van der Waals surface area (Å²) in [5.41, 5.74) is 1.07. The van der Waals surface area contributed by atoms with E-state index in [1.807, 2.05) is 6.92 Å². The second kappa shape index (κ2) is 5.37. The van der Waals surface area contributed by atoms with Gasteiger partial charge in [0.1, 0.15) is 0 Å². The van der Waals surface area contributed by atoms with Crippen molar-refractivity contribution >= 4 is 0 Å². The summed E-state index contributed by atoms with van der Waals surface area (Å²) in [6.07, 6.45) is 1.54. The molecule has 0 aliphatic carbocycles. The lowest BCUT2D eigenvalue weighted by molar-refractivity contribution is -0.0698. The predicted octanol–water partition coefficient (Wildman–Crippen LogP) is 1.47. The lowest BCUT2D eigenvalue weighted by atomic mass is 10.1. The zero-order valence-corrected chi connectivity index (χ0v) is 8.16. The van der Waals surface area contributed by atoms with Crippen LogP contribution in [-0.2, 0) is 9.47 Å². The van der Waals surface area contributed by atoms with Gasteiger partial charge in [-0.2, -0.15) is 0 Å². The Balaban J connectivity index is 2.16. The molecule has 1 N–H and O–H groups in total. The summed E-state index contributed by atoms with van der Waals surface area (Å²) in [5.74, 6) is 0. The summed E-state index contributed by atoms with van der Waals surface area (Å²) in [4.78, 5) is 0. The van der Waals surface area contributed by atoms with E-state index in [-0.39, 0.29) is 12.4 Å². The van der Waals surface area contributed by atoms with Gasteiger partial charge in [0.25, 0.3) is 0 Å². The van der Waals surface area contributed by atoms with Crippen molar-refractivity contribution in [2.24, 2.45) is 0 Å². The van der Waals surface area contributed by atoms with E-state index in [0.29, 0.717) is 26.1 Å². The molecule has 3 nitrogen and oxygen atoms in total. The zero-order valence-electron chi connectivity index (χ0n) is 8.16. The monoisotopic (exact) mass is 186 g/mol. The van der Waals surface area contributed by atoms with Gasteiger partial charge < -0.3 is 14.6 Å². The third kappa shape index (κ3) is 3.89. The molecule has 1 fully saturated rings. The normalized spacial score (nSPS) is 20.5. The van der Waals surface area contributed by atoms with Crippen LogP contribution in [0.15, 0.2) is 12.2 Å². The van der Waals surface area contributed by atoms with Gasteiger partial charge in [0.05, 0.1) is 19.3 Å². The number of rotatable bonds is 5. The molecule has 0 aromatic heterocycles. The molecule has 1 heterocycles. The molecule has 1 atom stereocenters. The molecule has 1 aliphatic heterocycles. The van der Waals surface area contributed by atoms with Crippen LogP contribution in [0.5, 0.6) is 0 Å². The van der Waals surface area contributed by atoms with Gasteiger partial charge in [0.15, 0.2) is 6.29 Å². The van der Waals surface area contributed by atoms with Crippen molar-refractivity contribution < 1.29 is 14.6 Å². The van der Waals surface area contributed by atoms with Crippen LogP contribution in [0.1, 0.15) is 26.2 Å². The maximum Gasteiger partial charge on any atom is 0.160 e. The minimum atomic E-state index is -0.379. The van der Waals surface area contributed by atoms with E-state index in [2.05, 4.69) is 6.58 Å². The number of hydrogen-bond donors (Lipinski definition) is 1. The summed E-state index contributed by atoms with van der Waals surface area (Å²) in [6, 6.07) is 0. The van der Waals surface area contributed by atoms with Crippen LogP contribution >= 0.6 is 0 Å². The highest BCUT2D eigenvalue weighted by Crippen LogP contribution is 2.15. The smallest absolute Gasteiger partial charge is 0.160 e. The van der Waals surface area contributed by atoms with E-state index >= 15 is 0 Å². The second-order valence-electron chi connectivity index (χ2n) is 3.37. The maximum atomic E-state index is 9.59. The van der Waals surface area contributed by atoms with Crippen LogP contribution in [0, 0.1) is 0 Å². The highest BCUT2D eigenvalue weighted by Gasteiger charge is 2.19. The fraction of sp³-hybridized carbons (Fsp3) is 0.800. The van der Waals surface area contributed by atoms with Crippen LogP contribution in [-0.4, -0.2) is 30.7 Å². The van der Waals surface area contributed by atoms with E-state index in [4.69, 9.17) is 9.47 Å². The largest absolute Gasteiger partial charge is 0.393 e. The Labute approximate surface area is 79.3 Å². The molecule has 0 bridgehead atoms. The quantitative estimate of drug-likeness (QED) is 0.661. The molecule has 0 aromatic rings. The number of aliphatic hydroxyl groups is 1. The van der Waals surface area contributed by atoms with E-state index in [9.17, 15) is 5.11 Å². The van der Waals surface area contributed by atoms with Gasteiger partial charge in [-0.1, -0.05) is 19.1 Å². The molecular weight excluding hydrogens is 168 g/mol. The van der Waals surface area contributed by atoms with Crippen LogP contribution in [0.25, 0.3) is 0 Å². The average molecular weight is 186 g/mol. The first-order chi connectivity index (χ1) is 6.22. The maximum absolute atomic E-state index is 9.59. The molecule has 0 saturated carbocycles. The van der Waals surface area contributed by atoms with Crippen LogP contribution in [0.4, 0.5) is 0 Å². The molecular formula is C10H18O3. The third-order valence-corrected chi connectivity index (χ3v) is 2.18. The molecule has 1 rings (SSSR count). The first-order valence-electron chi connectivity index (χ1n) is 4.80. The van der Waals surface area contributed by atoms with E-state index < -0.39 is 0 Å². The Morgan fingerprint density at radius 1 is 1.54 bits per heavy atom. The minimum absolute atomic E-state index is 0.209. The van der Waals surface area contributed by atoms with Gasteiger partial charge in [-0.3, -0.25) is 0 Å². The van der Waals surface area contributed by atoms with Crippen molar-refractivity contribution in [1.29, 1.82) is 0 Å². The van der Waals surface area contributed by atoms with E-state index in [0.717, 1.165) is 12.0 Å². The van der Waals surface area contributed by atoms with Crippen molar-refractivity contribution in [3.8, 4) is 0 Å². The lowest BCUT2D eigenvalue weighted by Crippen LogP contribution is -2.18. The van der Waals surface area contributed by atoms with Crippen molar-refractivity contribution in [3.05, 3.63) is 12.2 Å². The van der Waals surface area contributed by atoms with Crippen LogP contribution < -0.4 is 0 Å². The summed E-state index contributed by atoms with van der Waals surface area (Å²) in [6.45, 7) is 7.18. The molecule has 0 spiro atoms. The number of ether oxygens (including phenoxy) is 2. The topological polar surface area (TPSA) is 38.7 Å². The fourth-order valence-electron chi connectivity index (χ4n) is 1.33. The molecule has 0 amide bonds. The van der Waals surface area contributed by atoms with Gasteiger partial charge in [0, 0.05) is 6.42 Å². The van der Waals surface area contributed by atoms with Crippen molar-refractivity contribution in [3.63, 3.8) is 0 Å².